The number of hydrogen-bond donors (Lipinski definition) is 1. The van der Waals surface area contributed by atoms with Gasteiger partial charge in [0.2, 0.25) is 5.91 Å². The number of carbonyl (C=O) groups is 1. The number of benzene rings is 2. The van der Waals surface area contributed by atoms with Crippen molar-refractivity contribution in [3.8, 4) is 10.9 Å². The topological polar surface area (TPSA) is 54.5 Å². The fourth-order valence-corrected chi connectivity index (χ4v) is 4.94. The average molecular weight is 379 g/mol. The lowest BCUT2D eigenvalue weighted by Gasteiger charge is -2.19. The number of thiazole rings is 1. The number of para-hydroxylation sites is 1. The molecule has 5 rings (SSSR count). The van der Waals surface area contributed by atoms with Gasteiger partial charge in [0.25, 0.3) is 5.19 Å². The number of piperidine rings is 1. The summed E-state index contributed by atoms with van der Waals surface area (Å²) in [5, 5.41) is 3.73. The van der Waals surface area contributed by atoms with Gasteiger partial charge in [-0.25, -0.2) is 4.98 Å². The first-order chi connectivity index (χ1) is 13.2. The van der Waals surface area contributed by atoms with E-state index >= 15 is 0 Å². The quantitative estimate of drug-likeness (QED) is 0.735. The highest BCUT2D eigenvalue weighted by atomic mass is 32.1. The van der Waals surface area contributed by atoms with Crippen LogP contribution in [0.15, 0.2) is 48.5 Å². The first-order valence-electron chi connectivity index (χ1n) is 9.27. The van der Waals surface area contributed by atoms with Crippen molar-refractivity contribution in [1.29, 1.82) is 0 Å². The number of nitrogens with zero attached hydrogens (tertiary/aromatic N) is 2. The summed E-state index contributed by atoms with van der Waals surface area (Å²) in [6.45, 7) is 4.68. The summed E-state index contributed by atoms with van der Waals surface area (Å²) >= 11 is 1.56. The smallest absolute Gasteiger partial charge is 0.279 e. The van der Waals surface area contributed by atoms with Crippen LogP contribution in [0.3, 0.4) is 0 Å². The Morgan fingerprint density at radius 1 is 1.19 bits per heavy atom. The third-order valence-electron chi connectivity index (χ3n) is 5.45. The highest BCUT2D eigenvalue weighted by molar-refractivity contribution is 7.20. The Morgan fingerprint density at radius 2 is 1.93 bits per heavy atom. The van der Waals surface area contributed by atoms with Gasteiger partial charge in [0, 0.05) is 32.6 Å². The minimum absolute atomic E-state index is 0.0877. The van der Waals surface area contributed by atoms with E-state index in [1.54, 1.807) is 18.3 Å². The molecule has 1 aliphatic carbocycles. The molecule has 2 unspecified atom stereocenters. The van der Waals surface area contributed by atoms with Crippen LogP contribution in [0.2, 0.25) is 0 Å². The van der Waals surface area contributed by atoms with Crippen molar-refractivity contribution in [2.45, 2.75) is 19.5 Å². The minimum Gasteiger partial charge on any atom is -0.431 e. The van der Waals surface area contributed by atoms with Crippen LogP contribution in [-0.4, -0.2) is 34.9 Å². The summed E-state index contributed by atoms with van der Waals surface area (Å²) in [6, 6.07) is 16.7. The van der Waals surface area contributed by atoms with E-state index in [1.165, 1.54) is 5.56 Å². The van der Waals surface area contributed by atoms with E-state index in [9.17, 15) is 4.79 Å². The predicted molar refractivity (Wildman–Crippen MR) is 106 cm³/mol. The number of fused-ring (bicyclic) bond motifs is 2. The molecule has 2 heterocycles. The first-order valence-corrected chi connectivity index (χ1v) is 10.1. The third kappa shape index (κ3) is 3.42. The molecular formula is C21H21N3O2S. The minimum atomic E-state index is 0.0877. The van der Waals surface area contributed by atoms with Gasteiger partial charge in [-0.2, -0.15) is 0 Å². The van der Waals surface area contributed by atoms with Gasteiger partial charge in [-0.3, -0.25) is 9.69 Å². The average Bonchev–Trinajstić information content (AvgIpc) is 3.01. The van der Waals surface area contributed by atoms with Crippen LogP contribution in [0.25, 0.3) is 10.2 Å². The van der Waals surface area contributed by atoms with Crippen LogP contribution < -0.4 is 10.1 Å². The van der Waals surface area contributed by atoms with E-state index < -0.39 is 0 Å². The second kappa shape index (κ2) is 6.62. The normalized spacial score (nSPS) is 24.0. The maximum atomic E-state index is 11.2. The Morgan fingerprint density at radius 3 is 2.63 bits per heavy atom. The maximum Gasteiger partial charge on any atom is 0.279 e. The van der Waals surface area contributed by atoms with E-state index in [1.807, 2.05) is 30.3 Å². The number of amides is 1. The molecule has 6 heteroatoms. The van der Waals surface area contributed by atoms with Crippen LogP contribution in [-0.2, 0) is 11.3 Å². The summed E-state index contributed by atoms with van der Waals surface area (Å²) in [5.74, 6) is 2.17. The molecule has 2 aromatic carbocycles. The fraction of sp³-hybridized carbons (Fsp3) is 0.333. The van der Waals surface area contributed by atoms with Gasteiger partial charge in [0.1, 0.15) is 5.75 Å². The largest absolute Gasteiger partial charge is 0.431 e. The molecule has 2 aliphatic rings. The van der Waals surface area contributed by atoms with Crippen LogP contribution in [0.5, 0.6) is 10.9 Å². The monoisotopic (exact) mass is 379 g/mol. The molecule has 2 atom stereocenters. The van der Waals surface area contributed by atoms with Crippen molar-refractivity contribution < 1.29 is 9.53 Å². The van der Waals surface area contributed by atoms with Crippen molar-refractivity contribution in [1.82, 2.24) is 15.2 Å². The van der Waals surface area contributed by atoms with Gasteiger partial charge in [0.05, 0.1) is 10.2 Å². The Hall–Kier alpha value is -2.44. The standard InChI is InChI=1S/C21H21N3O2S/c1-13(25)22-20-16-11-24(12-17(16)20)10-14-6-8-15(9-7-14)26-21-23-18-4-2-3-5-19(18)27-21/h2-9,16-17,20H,10-12H2,1H3,(H,22,25). The number of ether oxygens (including phenoxy) is 1. The zero-order chi connectivity index (χ0) is 18.4. The van der Waals surface area contributed by atoms with Crippen molar-refractivity contribution in [3.05, 3.63) is 54.1 Å². The second-order valence-corrected chi connectivity index (χ2v) is 8.43. The van der Waals surface area contributed by atoms with E-state index in [2.05, 4.69) is 33.4 Å². The summed E-state index contributed by atoms with van der Waals surface area (Å²) in [4.78, 5) is 18.2. The molecule has 1 aliphatic heterocycles. The van der Waals surface area contributed by atoms with Gasteiger partial charge >= 0.3 is 0 Å². The molecule has 5 nitrogen and oxygen atoms in total. The molecule has 1 saturated carbocycles. The predicted octanol–water partition coefficient (Wildman–Crippen LogP) is 3.65. The van der Waals surface area contributed by atoms with E-state index in [0.29, 0.717) is 23.1 Å². The summed E-state index contributed by atoms with van der Waals surface area (Å²) < 4.78 is 7.05. The molecule has 3 aromatic rings. The maximum absolute atomic E-state index is 11.2. The molecular weight excluding hydrogens is 358 g/mol. The SMILES string of the molecule is CC(=O)NC1C2CN(Cc3ccc(Oc4nc5ccccc5s4)cc3)CC21. The lowest BCUT2D eigenvalue weighted by Crippen LogP contribution is -2.33. The van der Waals surface area contributed by atoms with Gasteiger partial charge in [0.15, 0.2) is 0 Å². The van der Waals surface area contributed by atoms with Crippen molar-refractivity contribution in [2.75, 3.05) is 13.1 Å². The lowest BCUT2D eigenvalue weighted by molar-refractivity contribution is -0.119. The molecule has 1 aromatic heterocycles. The summed E-state index contributed by atoms with van der Waals surface area (Å²) in [6.07, 6.45) is 0. The van der Waals surface area contributed by atoms with Gasteiger partial charge in [-0.05, 0) is 41.7 Å². The van der Waals surface area contributed by atoms with Crippen molar-refractivity contribution in [3.63, 3.8) is 0 Å². The fourth-order valence-electron chi connectivity index (χ4n) is 4.11. The zero-order valence-electron chi connectivity index (χ0n) is 15.1. The van der Waals surface area contributed by atoms with E-state index in [4.69, 9.17) is 4.74 Å². The van der Waals surface area contributed by atoms with Crippen LogP contribution in [0, 0.1) is 11.8 Å². The zero-order valence-corrected chi connectivity index (χ0v) is 15.9. The van der Waals surface area contributed by atoms with Crippen LogP contribution >= 0.6 is 11.3 Å². The number of rotatable bonds is 5. The van der Waals surface area contributed by atoms with Crippen LogP contribution in [0.4, 0.5) is 0 Å². The summed E-state index contributed by atoms with van der Waals surface area (Å²) in [5.41, 5.74) is 2.25. The Kier molecular flexibility index (Phi) is 4.10. The van der Waals surface area contributed by atoms with E-state index in [0.717, 1.165) is 35.6 Å². The molecule has 1 saturated heterocycles. The highest BCUT2D eigenvalue weighted by Crippen LogP contribution is 2.45. The molecule has 0 spiro atoms. The number of aromatic nitrogens is 1. The Labute approximate surface area is 162 Å². The molecule has 1 amide bonds. The molecule has 27 heavy (non-hydrogen) atoms. The molecule has 2 fully saturated rings. The summed E-state index contributed by atoms with van der Waals surface area (Å²) in [7, 11) is 0. The molecule has 138 valence electrons. The second-order valence-electron chi connectivity index (χ2n) is 7.44. The lowest BCUT2D eigenvalue weighted by atomic mass is 10.2. The van der Waals surface area contributed by atoms with Gasteiger partial charge in [-0.15, -0.1) is 0 Å². The molecule has 1 N–H and O–H groups in total. The van der Waals surface area contributed by atoms with Gasteiger partial charge in [-0.1, -0.05) is 35.6 Å². The van der Waals surface area contributed by atoms with E-state index in [-0.39, 0.29) is 5.91 Å². The van der Waals surface area contributed by atoms with Crippen molar-refractivity contribution >= 4 is 27.5 Å². The number of nitrogens with one attached hydrogen (secondary N) is 1. The van der Waals surface area contributed by atoms with Crippen molar-refractivity contribution in [2.24, 2.45) is 11.8 Å². The molecule has 0 radical (unpaired) electrons. The number of likely N-dealkylation sites (tertiary alicyclic amines) is 1. The van der Waals surface area contributed by atoms with Gasteiger partial charge < -0.3 is 10.1 Å². The Bertz CT molecular complexity index is 940. The van der Waals surface area contributed by atoms with Crippen LogP contribution in [0.1, 0.15) is 12.5 Å². The Balaban J connectivity index is 1.17. The molecule has 0 bridgehead atoms. The number of hydrogen-bond acceptors (Lipinski definition) is 5. The number of carbonyl (C=O) groups excluding carboxylic acids is 1. The first kappa shape index (κ1) is 16.7. The highest BCUT2D eigenvalue weighted by Gasteiger charge is 2.55. The third-order valence-corrected chi connectivity index (χ3v) is 6.36.